The lowest BCUT2D eigenvalue weighted by atomic mass is 10.1. The van der Waals surface area contributed by atoms with Gasteiger partial charge in [-0.25, -0.2) is 16.8 Å². The zero-order valence-electron chi connectivity index (χ0n) is 17.4. The summed E-state index contributed by atoms with van der Waals surface area (Å²) in [5.74, 6) is -0.382. The van der Waals surface area contributed by atoms with Crippen LogP contribution in [-0.4, -0.2) is 82.2 Å². The highest BCUT2D eigenvalue weighted by Crippen LogP contribution is 2.29. The van der Waals surface area contributed by atoms with Crippen molar-refractivity contribution in [3.63, 3.8) is 0 Å². The molecule has 31 heavy (non-hydrogen) atoms. The summed E-state index contributed by atoms with van der Waals surface area (Å²) in [6.45, 7) is 3.72. The van der Waals surface area contributed by atoms with Gasteiger partial charge in [0.1, 0.15) is 0 Å². The minimum absolute atomic E-state index is 0.0857. The van der Waals surface area contributed by atoms with Gasteiger partial charge in [-0.1, -0.05) is 60.7 Å². The first-order valence-corrected chi connectivity index (χ1v) is 13.9. The molecular weight excluding hydrogens is 432 g/mol. The van der Waals surface area contributed by atoms with E-state index >= 15 is 0 Å². The van der Waals surface area contributed by atoms with Crippen LogP contribution in [0.1, 0.15) is 5.56 Å². The second-order valence-corrected chi connectivity index (χ2v) is 12.5. The van der Waals surface area contributed by atoms with Crippen molar-refractivity contribution >= 4 is 25.8 Å². The smallest absolute Gasteiger partial charge is 0.183 e. The van der Waals surface area contributed by atoms with E-state index in [4.69, 9.17) is 0 Å². The Hall–Kier alpha value is -2.00. The van der Waals surface area contributed by atoms with Crippen molar-refractivity contribution in [2.45, 2.75) is 16.2 Å². The Bertz CT molecular complexity index is 1110. The van der Waals surface area contributed by atoms with Gasteiger partial charge in [-0.2, -0.15) is 0 Å². The van der Waals surface area contributed by atoms with E-state index in [9.17, 15) is 16.8 Å². The molecular formula is C23H28N2O4S2. The average Bonchev–Trinajstić information content (AvgIpc) is 3.12. The molecule has 0 saturated carbocycles. The molecule has 0 radical (unpaired) electrons. The Morgan fingerprint density at radius 2 is 1.48 bits per heavy atom. The van der Waals surface area contributed by atoms with Crippen molar-refractivity contribution in [2.24, 2.45) is 0 Å². The Kier molecular flexibility index (Phi) is 6.62. The number of nitrogens with zero attached hydrogens (tertiary/aromatic N) is 2. The van der Waals surface area contributed by atoms with E-state index < -0.39 is 31.0 Å². The van der Waals surface area contributed by atoms with Crippen LogP contribution in [-0.2, 0) is 19.7 Å². The molecule has 2 aliphatic rings. The summed E-state index contributed by atoms with van der Waals surface area (Å²) in [7, 11) is -7.10. The third-order valence-corrected chi connectivity index (χ3v) is 10.2. The van der Waals surface area contributed by atoms with Gasteiger partial charge in [0.05, 0.1) is 21.7 Å². The second-order valence-electron chi connectivity index (χ2n) is 8.19. The predicted octanol–water partition coefficient (Wildman–Crippen LogP) is 1.96. The summed E-state index contributed by atoms with van der Waals surface area (Å²) >= 11 is 0. The highest BCUT2D eigenvalue weighted by atomic mass is 32.2. The fourth-order valence-electron chi connectivity index (χ4n) is 4.40. The Morgan fingerprint density at radius 3 is 2.13 bits per heavy atom. The van der Waals surface area contributed by atoms with Gasteiger partial charge < -0.3 is 0 Å². The molecule has 8 heteroatoms. The topological polar surface area (TPSA) is 74.8 Å². The largest absolute Gasteiger partial charge is 0.297 e. The van der Waals surface area contributed by atoms with E-state index in [0.717, 1.165) is 25.2 Å². The number of piperazine rings is 1. The Morgan fingerprint density at radius 1 is 0.871 bits per heavy atom. The SMILES string of the molecule is O=S1(=O)CC(N2CCN(CC=Cc3ccccc3)CC2)C(S(=O)(=O)c2ccccc2)C1. The zero-order valence-corrected chi connectivity index (χ0v) is 19.0. The molecule has 2 unspecified atom stereocenters. The van der Waals surface area contributed by atoms with Gasteiger partial charge in [0.2, 0.25) is 0 Å². The third kappa shape index (κ3) is 5.26. The van der Waals surface area contributed by atoms with Crippen LogP contribution in [0.3, 0.4) is 0 Å². The number of sulfone groups is 2. The summed E-state index contributed by atoms with van der Waals surface area (Å²) in [5, 5.41) is -0.913. The molecule has 0 amide bonds. The summed E-state index contributed by atoms with van der Waals surface area (Å²) in [5.41, 5.74) is 1.16. The van der Waals surface area contributed by atoms with Crippen molar-refractivity contribution in [2.75, 3.05) is 44.2 Å². The molecule has 0 bridgehead atoms. The summed E-state index contributed by atoms with van der Waals surface area (Å²) in [6, 6.07) is 17.8. The third-order valence-electron chi connectivity index (χ3n) is 6.09. The van der Waals surface area contributed by atoms with Crippen molar-refractivity contribution in [3.8, 4) is 0 Å². The van der Waals surface area contributed by atoms with Crippen molar-refractivity contribution in [1.82, 2.24) is 9.80 Å². The van der Waals surface area contributed by atoms with Crippen LogP contribution in [0, 0.1) is 0 Å². The number of rotatable bonds is 6. The van der Waals surface area contributed by atoms with Crippen molar-refractivity contribution in [3.05, 3.63) is 72.3 Å². The van der Waals surface area contributed by atoms with Gasteiger partial charge >= 0.3 is 0 Å². The first-order chi connectivity index (χ1) is 14.9. The molecule has 0 aliphatic carbocycles. The number of benzene rings is 2. The summed E-state index contributed by atoms with van der Waals surface area (Å²) < 4.78 is 51.2. The maximum Gasteiger partial charge on any atom is 0.183 e. The lowest BCUT2D eigenvalue weighted by Crippen LogP contribution is -2.54. The molecule has 166 valence electrons. The average molecular weight is 461 g/mol. The molecule has 2 saturated heterocycles. The second kappa shape index (κ2) is 9.24. The van der Waals surface area contributed by atoms with Crippen molar-refractivity contribution < 1.29 is 16.8 Å². The molecule has 2 aromatic carbocycles. The molecule has 2 heterocycles. The minimum Gasteiger partial charge on any atom is -0.297 e. The van der Waals surface area contributed by atoms with Gasteiger partial charge in [0.25, 0.3) is 0 Å². The van der Waals surface area contributed by atoms with Crippen LogP contribution in [0.15, 0.2) is 71.6 Å². The predicted molar refractivity (Wildman–Crippen MR) is 123 cm³/mol. The van der Waals surface area contributed by atoms with E-state index in [0.29, 0.717) is 13.1 Å². The normalized spacial score (nSPS) is 25.2. The monoisotopic (exact) mass is 460 g/mol. The Balaban J connectivity index is 1.41. The van der Waals surface area contributed by atoms with Gasteiger partial charge in [-0.15, -0.1) is 0 Å². The standard InChI is InChI=1S/C23H28N2O4S2/c26-30(27)18-22(23(19-30)31(28,29)21-11-5-2-6-12-21)25-16-14-24(15-17-25)13-7-10-20-8-3-1-4-9-20/h1-12,22-23H,13-19H2. The van der Waals surface area contributed by atoms with Crippen molar-refractivity contribution in [1.29, 1.82) is 0 Å². The fourth-order valence-corrected chi connectivity index (χ4v) is 9.25. The Labute approximate surface area is 185 Å². The van der Waals surface area contributed by atoms with E-state index in [-0.39, 0.29) is 16.4 Å². The van der Waals surface area contributed by atoms with Crippen LogP contribution in [0.5, 0.6) is 0 Å². The van der Waals surface area contributed by atoms with Crippen LogP contribution in [0.4, 0.5) is 0 Å². The molecule has 0 N–H and O–H groups in total. The molecule has 6 nitrogen and oxygen atoms in total. The number of hydrogen-bond acceptors (Lipinski definition) is 6. The van der Waals surface area contributed by atoms with Gasteiger partial charge in [-0.05, 0) is 17.7 Å². The lowest BCUT2D eigenvalue weighted by molar-refractivity contribution is 0.113. The minimum atomic E-state index is -3.71. The lowest BCUT2D eigenvalue weighted by Gasteiger charge is -2.39. The molecule has 0 spiro atoms. The molecule has 2 aliphatic heterocycles. The van der Waals surface area contributed by atoms with Crippen LogP contribution in [0.25, 0.3) is 6.08 Å². The fraction of sp³-hybridized carbons (Fsp3) is 0.391. The van der Waals surface area contributed by atoms with Crippen LogP contribution < -0.4 is 0 Å². The molecule has 0 aromatic heterocycles. The van der Waals surface area contributed by atoms with E-state index in [1.165, 1.54) is 0 Å². The maximum atomic E-state index is 13.2. The first kappa shape index (κ1) is 22.2. The van der Waals surface area contributed by atoms with Gasteiger partial charge in [0.15, 0.2) is 19.7 Å². The van der Waals surface area contributed by atoms with Crippen LogP contribution in [0.2, 0.25) is 0 Å². The molecule has 2 aromatic rings. The van der Waals surface area contributed by atoms with Crippen LogP contribution >= 0.6 is 0 Å². The maximum absolute atomic E-state index is 13.2. The highest BCUT2D eigenvalue weighted by Gasteiger charge is 2.48. The van der Waals surface area contributed by atoms with E-state index in [2.05, 4.69) is 34.1 Å². The van der Waals surface area contributed by atoms with Gasteiger partial charge in [-0.3, -0.25) is 9.80 Å². The quantitative estimate of drug-likeness (QED) is 0.656. The van der Waals surface area contributed by atoms with E-state index in [1.807, 2.05) is 18.2 Å². The molecule has 2 fully saturated rings. The van der Waals surface area contributed by atoms with E-state index in [1.54, 1.807) is 30.3 Å². The summed E-state index contributed by atoms with van der Waals surface area (Å²) in [6.07, 6.45) is 4.23. The summed E-state index contributed by atoms with van der Waals surface area (Å²) in [4.78, 5) is 4.57. The van der Waals surface area contributed by atoms with Gasteiger partial charge in [0, 0.05) is 38.8 Å². The zero-order chi connectivity index (χ0) is 21.9. The number of hydrogen-bond donors (Lipinski definition) is 0. The highest BCUT2D eigenvalue weighted by molar-refractivity contribution is 7.96. The molecule has 4 rings (SSSR count). The molecule has 2 atom stereocenters. The first-order valence-electron chi connectivity index (χ1n) is 10.5.